The zero-order valence-corrected chi connectivity index (χ0v) is 2.57. The average Bonchev–Trinajstić information content (AvgIpc) is 1.41. The molecule has 0 saturated carbocycles. The summed E-state index contributed by atoms with van der Waals surface area (Å²) in [5, 5.41) is 0. The standard InChI is InChI=1S/C4H9B/c1-2-3-4-5/h2,4H,1,3H2,5H3. The predicted molar refractivity (Wildman–Crippen MR) is 29.1 cm³/mol. The molecule has 0 aromatic carbocycles. The molecule has 0 amide bonds. The Labute approximate surface area is 34.3 Å². The summed E-state index contributed by atoms with van der Waals surface area (Å²) < 4.78 is 0. The lowest BCUT2D eigenvalue weighted by atomic mass is 10.0. The van der Waals surface area contributed by atoms with Crippen molar-refractivity contribution in [1.29, 1.82) is 0 Å². The number of rotatable bonds is 2. The quantitative estimate of drug-likeness (QED) is 0.244. The summed E-state index contributed by atoms with van der Waals surface area (Å²) in [7, 11) is 0.552. The summed E-state index contributed by atoms with van der Waals surface area (Å²) in [5.41, 5.74) is 0. The van der Waals surface area contributed by atoms with E-state index in [1.54, 1.807) is 0 Å². The van der Waals surface area contributed by atoms with Crippen LogP contribution in [0.5, 0.6) is 0 Å². The highest BCUT2D eigenvalue weighted by atomic mass is 13.6. The molecule has 0 rings (SSSR count). The molecule has 0 atom stereocenters. The predicted octanol–water partition coefficient (Wildman–Crippen LogP) is 0.0897. The van der Waals surface area contributed by atoms with Crippen molar-refractivity contribution >= 4 is 7.85 Å². The summed E-state index contributed by atoms with van der Waals surface area (Å²) in [6.45, 7) is 3.56. The molecule has 0 bridgehead atoms. The highest BCUT2D eigenvalue weighted by Crippen LogP contribution is 1.75. The summed E-state index contributed by atoms with van der Waals surface area (Å²) in [6.07, 6.45) is 5.39. The van der Waals surface area contributed by atoms with Gasteiger partial charge < -0.3 is 0 Å². The van der Waals surface area contributed by atoms with Gasteiger partial charge in [0.1, 0.15) is 0 Å². The van der Waals surface area contributed by atoms with Gasteiger partial charge in [-0.1, -0.05) is 12.7 Å². The minimum absolute atomic E-state index is 0.552. The first-order valence-electron chi connectivity index (χ1n) is 1.22. The molecule has 0 aromatic heterocycles. The SMILES string of the molecule is [BH3-][CH+]CC=C. The third-order valence-corrected chi connectivity index (χ3v) is 0.167. The van der Waals surface area contributed by atoms with Crippen LogP contribution in [0.15, 0.2) is 12.7 Å². The topological polar surface area (TPSA) is 0 Å². The van der Waals surface area contributed by atoms with Gasteiger partial charge in [0.25, 0.3) is 0 Å². The van der Waals surface area contributed by atoms with E-state index in [2.05, 4.69) is 12.9 Å². The third-order valence-electron chi connectivity index (χ3n) is 0.167. The Hall–Kier alpha value is -0.325. The smallest absolute Gasteiger partial charge is 0.125 e. The largest absolute Gasteiger partial charge is 0.155 e. The van der Waals surface area contributed by atoms with Crippen LogP contribution < -0.4 is 0 Å². The fourth-order valence-corrected chi connectivity index (χ4v) is 0. The maximum Gasteiger partial charge on any atom is 0.155 e. The van der Waals surface area contributed by atoms with Crippen LogP contribution in [-0.2, 0) is 0 Å². The second kappa shape index (κ2) is 3.67. The van der Waals surface area contributed by atoms with Crippen LogP contribution in [0.1, 0.15) is 6.42 Å². The van der Waals surface area contributed by atoms with Crippen molar-refractivity contribution in [3.63, 3.8) is 0 Å². The Morgan fingerprint density at radius 1 is 2.00 bits per heavy atom. The first-order valence-corrected chi connectivity index (χ1v) is 1.22. The summed E-state index contributed by atoms with van der Waals surface area (Å²) in [5.74, 6) is 0. The van der Waals surface area contributed by atoms with Crippen LogP contribution in [0.25, 0.3) is 0 Å². The monoisotopic (exact) mass is 68.1 g/mol. The molecular formula is C4H9B. The lowest BCUT2D eigenvalue weighted by molar-refractivity contribution is 1.37. The molecule has 0 spiro atoms. The van der Waals surface area contributed by atoms with Gasteiger partial charge in [0.2, 0.25) is 0 Å². The molecule has 0 unspecified atom stereocenters. The summed E-state index contributed by atoms with van der Waals surface area (Å²) in [4.78, 5) is 0. The zero-order chi connectivity index (χ0) is 4.12. The third kappa shape index (κ3) is 3.67. The van der Waals surface area contributed by atoms with Gasteiger partial charge in [-0.25, -0.2) is 0 Å². The second-order valence-corrected chi connectivity index (χ2v) is 0.524. The zero-order valence-electron chi connectivity index (χ0n) is 2.57. The highest BCUT2D eigenvalue weighted by Gasteiger charge is 1.66. The van der Waals surface area contributed by atoms with Crippen molar-refractivity contribution in [1.82, 2.24) is 0 Å². The molecule has 0 heterocycles. The van der Waals surface area contributed by atoms with E-state index in [1.165, 1.54) is 0 Å². The van der Waals surface area contributed by atoms with E-state index in [1.807, 2.05) is 6.08 Å². The lowest BCUT2D eigenvalue weighted by Gasteiger charge is -1.68. The fourth-order valence-electron chi connectivity index (χ4n) is 0. The molecule has 0 fully saturated rings. The van der Waals surface area contributed by atoms with E-state index in [4.69, 9.17) is 0 Å². The summed E-state index contributed by atoms with van der Waals surface area (Å²) >= 11 is 0. The molecule has 0 N–H and O–H groups in total. The first-order chi connectivity index (χ1) is 2.41. The van der Waals surface area contributed by atoms with Crippen molar-refractivity contribution in [3.05, 3.63) is 19.0 Å². The van der Waals surface area contributed by atoms with Crippen LogP contribution in [0.3, 0.4) is 0 Å². The minimum atomic E-state index is 0.552. The Morgan fingerprint density at radius 3 is 2.60 bits per heavy atom. The molecule has 0 nitrogen and oxygen atoms in total. The van der Waals surface area contributed by atoms with Gasteiger partial charge >= 0.3 is 0 Å². The van der Waals surface area contributed by atoms with Gasteiger partial charge in [0.15, 0.2) is 7.85 Å². The van der Waals surface area contributed by atoms with Gasteiger partial charge in [0.05, 0.1) is 6.42 Å². The Kier molecular flexibility index (Phi) is 3.44. The van der Waals surface area contributed by atoms with Crippen molar-refractivity contribution in [2.24, 2.45) is 0 Å². The molecule has 0 radical (unpaired) electrons. The molecule has 5 heavy (non-hydrogen) atoms. The van der Waals surface area contributed by atoms with E-state index < -0.39 is 0 Å². The molecule has 0 aliphatic rings. The molecule has 0 aliphatic carbocycles. The molecular weight excluding hydrogens is 58.9 g/mol. The molecule has 1 heteroatoms. The molecule has 0 aromatic rings. The van der Waals surface area contributed by atoms with E-state index in [0.717, 1.165) is 6.42 Å². The Bertz CT molecular complexity index is 24.8. The number of hydrogen-bond acceptors (Lipinski definition) is 0. The van der Waals surface area contributed by atoms with E-state index >= 15 is 0 Å². The van der Waals surface area contributed by atoms with Crippen molar-refractivity contribution in [2.45, 2.75) is 6.42 Å². The van der Waals surface area contributed by atoms with E-state index in [9.17, 15) is 0 Å². The normalized spacial score (nSPS) is 6.60. The van der Waals surface area contributed by atoms with Gasteiger partial charge in [-0.05, 0) is 0 Å². The van der Waals surface area contributed by atoms with Crippen LogP contribution in [0, 0.1) is 6.32 Å². The Balaban J connectivity index is 2.40. The van der Waals surface area contributed by atoms with Gasteiger partial charge in [-0.15, -0.1) is 6.32 Å². The lowest BCUT2D eigenvalue weighted by Crippen LogP contribution is -1.63. The first kappa shape index (κ1) is 4.67. The van der Waals surface area contributed by atoms with Crippen LogP contribution in [0.2, 0.25) is 0 Å². The Morgan fingerprint density at radius 2 is 2.60 bits per heavy atom. The van der Waals surface area contributed by atoms with E-state index in [-0.39, 0.29) is 0 Å². The highest BCUT2D eigenvalue weighted by molar-refractivity contribution is 6.14. The summed E-state index contributed by atoms with van der Waals surface area (Å²) in [6, 6.07) is 0. The van der Waals surface area contributed by atoms with Crippen molar-refractivity contribution < 1.29 is 0 Å². The van der Waals surface area contributed by atoms with Crippen molar-refractivity contribution in [2.75, 3.05) is 0 Å². The number of hydrogen-bond donors (Lipinski definition) is 0. The fraction of sp³-hybridized carbons (Fsp3) is 0.250. The second-order valence-electron chi connectivity index (χ2n) is 0.524. The van der Waals surface area contributed by atoms with Gasteiger partial charge in [-0.2, -0.15) is 0 Å². The average molecular weight is 67.9 g/mol. The van der Waals surface area contributed by atoms with Crippen LogP contribution >= 0.6 is 0 Å². The maximum absolute atomic E-state index is 3.56. The van der Waals surface area contributed by atoms with E-state index in [0.29, 0.717) is 7.85 Å². The minimum Gasteiger partial charge on any atom is -0.125 e. The van der Waals surface area contributed by atoms with Gasteiger partial charge in [0, 0.05) is 0 Å². The maximum atomic E-state index is 3.56. The molecule has 28 valence electrons. The number of allylic oxidation sites excluding steroid dienone is 1. The van der Waals surface area contributed by atoms with Crippen LogP contribution in [-0.4, -0.2) is 7.85 Å². The molecule has 0 saturated heterocycles. The van der Waals surface area contributed by atoms with Gasteiger partial charge in [-0.3, -0.25) is 0 Å². The van der Waals surface area contributed by atoms with Crippen molar-refractivity contribution in [3.8, 4) is 0 Å². The van der Waals surface area contributed by atoms with Crippen LogP contribution in [0.4, 0.5) is 0 Å². The molecule has 0 aliphatic heterocycles.